The van der Waals surface area contributed by atoms with Crippen molar-refractivity contribution in [3.63, 3.8) is 0 Å². The number of aromatic amines is 1. The van der Waals surface area contributed by atoms with Crippen molar-refractivity contribution in [1.29, 1.82) is 0 Å². The topological polar surface area (TPSA) is 62.6 Å². The lowest BCUT2D eigenvalue weighted by atomic mass is 10.00. The second-order valence-corrected chi connectivity index (χ2v) is 8.88. The molecule has 0 fully saturated rings. The minimum absolute atomic E-state index is 0.142. The number of para-hydroxylation sites is 1. The molecule has 170 valence electrons. The first kappa shape index (κ1) is 22.3. The van der Waals surface area contributed by atoms with E-state index in [2.05, 4.69) is 52.7 Å². The summed E-state index contributed by atoms with van der Waals surface area (Å²) in [5.41, 5.74) is 5.42. The quantitative estimate of drug-likeness (QED) is 0.397. The molecule has 0 radical (unpaired) electrons. The molecule has 2 aromatic heterocycles. The van der Waals surface area contributed by atoms with E-state index in [4.69, 9.17) is 9.73 Å². The molecule has 0 unspecified atom stereocenters. The van der Waals surface area contributed by atoms with E-state index in [9.17, 15) is 4.79 Å². The Morgan fingerprint density at radius 3 is 2.78 bits per heavy atom. The summed E-state index contributed by atoms with van der Waals surface area (Å²) >= 11 is 0. The lowest BCUT2D eigenvalue weighted by molar-refractivity contribution is 0.0950. The van der Waals surface area contributed by atoms with Crippen molar-refractivity contribution in [1.82, 2.24) is 14.5 Å². The number of amidine groups is 1. The first-order valence-corrected chi connectivity index (χ1v) is 11.5. The van der Waals surface area contributed by atoms with Gasteiger partial charge in [-0.15, -0.1) is 0 Å². The zero-order valence-electron chi connectivity index (χ0n) is 19.8. The number of Topliss-reactive ketones (excluding diaryl/α,β-unsaturated/α-hetero) is 1. The minimum Gasteiger partial charge on any atom is -0.385 e. The maximum atomic E-state index is 13.3. The summed E-state index contributed by atoms with van der Waals surface area (Å²) in [6.07, 6.45) is 3.89. The molecule has 0 saturated heterocycles. The molecule has 1 aliphatic rings. The minimum atomic E-state index is 0.142. The number of ether oxygens (including phenoxy) is 1. The predicted octanol–water partition coefficient (Wildman–Crippen LogP) is 4.54. The van der Waals surface area contributed by atoms with Gasteiger partial charge < -0.3 is 19.2 Å². The zero-order chi connectivity index (χ0) is 22.8. The third kappa shape index (κ3) is 4.24. The summed E-state index contributed by atoms with van der Waals surface area (Å²) < 4.78 is 7.40. The van der Waals surface area contributed by atoms with E-state index in [-0.39, 0.29) is 17.9 Å². The van der Waals surface area contributed by atoms with E-state index in [1.165, 1.54) is 10.9 Å². The van der Waals surface area contributed by atoms with Crippen molar-refractivity contribution in [3.8, 4) is 0 Å². The molecule has 1 aromatic carbocycles. The molecular weight excluding hydrogens is 400 g/mol. The molecule has 0 saturated carbocycles. The number of rotatable bonds is 9. The Hall–Kier alpha value is -2.86. The van der Waals surface area contributed by atoms with Crippen LogP contribution in [0.15, 0.2) is 41.5 Å². The Labute approximate surface area is 190 Å². The lowest BCUT2D eigenvalue weighted by Gasteiger charge is -2.26. The third-order valence-corrected chi connectivity index (χ3v) is 6.84. The number of ketones is 1. The number of benzene rings is 1. The molecule has 0 aliphatic carbocycles. The third-order valence-electron chi connectivity index (χ3n) is 6.84. The van der Waals surface area contributed by atoms with E-state index in [0.29, 0.717) is 6.54 Å². The fraction of sp³-hybridized carbons (Fsp3) is 0.462. The Bertz CT molecular complexity index is 1140. The predicted molar refractivity (Wildman–Crippen MR) is 130 cm³/mol. The van der Waals surface area contributed by atoms with Crippen molar-refractivity contribution in [3.05, 3.63) is 59.0 Å². The fourth-order valence-corrected chi connectivity index (χ4v) is 4.96. The van der Waals surface area contributed by atoms with Crippen LogP contribution in [-0.4, -0.2) is 58.4 Å². The summed E-state index contributed by atoms with van der Waals surface area (Å²) in [5, 5.41) is 1.25. The van der Waals surface area contributed by atoms with Crippen LogP contribution in [0.2, 0.25) is 0 Å². The Morgan fingerprint density at radius 2 is 2.00 bits per heavy atom. The van der Waals surface area contributed by atoms with Gasteiger partial charge in [0.25, 0.3) is 0 Å². The highest BCUT2D eigenvalue weighted by molar-refractivity contribution is 6.01. The Balaban J connectivity index is 1.45. The van der Waals surface area contributed by atoms with Gasteiger partial charge in [0.15, 0.2) is 5.78 Å². The van der Waals surface area contributed by atoms with Gasteiger partial charge in [0.2, 0.25) is 0 Å². The van der Waals surface area contributed by atoms with E-state index < -0.39 is 0 Å². The summed E-state index contributed by atoms with van der Waals surface area (Å²) in [5.74, 6) is 1.11. The van der Waals surface area contributed by atoms with Crippen LogP contribution in [0.1, 0.15) is 47.6 Å². The molecule has 6 nitrogen and oxygen atoms in total. The Kier molecular flexibility index (Phi) is 6.51. The number of nitrogens with zero attached hydrogens (tertiary/aromatic N) is 3. The molecule has 3 aromatic rings. The van der Waals surface area contributed by atoms with Crippen LogP contribution in [0.3, 0.4) is 0 Å². The maximum absolute atomic E-state index is 13.3. The fourth-order valence-electron chi connectivity index (χ4n) is 4.96. The number of hydrogen-bond acceptors (Lipinski definition) is 4. The number of carbonyl (C=O) groups is 1. The van der Waals surface area contributed by atoms with Crippen LogP contribution < -0.4 is 0 Å². The van der Waals surface area contributed by atoms with Gasteiger partial charge in [0.1, 0.15) is 0 Å². The van der Waals surface area contributed by atoms with Crippen LogP contribution >= 0.6 is 0 Å². The van der Waals surface area contributed by atoms with Crippen molar-refractivity contribution in [2.75, 3.05) is 20.3 Å². The van der Waals surface area contributed by atoms with E-state index in [1.54, 1.807) is 7.11 Å². The van der Waals surface area contributed by atoms with Crippen LogP contribution in [-0.2, 0) is 17.7 Å². The second kappa shape index (κ2) is 9.33. The van der Waals surface area contributed by atoms with Crippen LogP contribution in [0.5, 0.6) is 0 Å². The summed E-state index contributed by atoms with van der Waals surface area (Å²) in [6, 6.07) is 10.7. The van der Waals surface area contributed by atoms with Crippen molar-refractivity contribution >= 4 is 22.5 Å². The summed E-state index contributed by atoms with van der Waals surface area (Å²) in [4.78, 5) is 23.7. The van der Waals surface area contributed by atoms with Gasteiger partial charge in [-0.1, -0.05) is 18.2 Å². The van der Waals surface area contributed by atoms with Gasteiger partial charge in [-0.05, 0) is 58.2 Å². The van der Waals surface area contributed by atoms with Gasteiger partial charge >= 0.3 is 0 Å². The van der Waals surface area contributed by atoms with Crippen molar-refractivity contribution in [2.45, 2.75) is 59.2 Å². The molecule has 32 heavy (non-hydrogen) atoms. The molecule has 0 amide bonds. The SMILES string of the molecule is COCCCn1c(C)cc(C(=O)CN2C(C)=N[C@H](Cc3c[nH]c4ccccc34)[C@@H]2C)c1C. The molecule has 4 rings (SSSR count). The number of aromatic nitrogens is 2. The largest absolute Gasteiger partial charge is 0.385 e. The number of methoxy groups -OCH3 is 1. The van der Waals surface area contributed by atoms with Gasteiger partial charge in [-0.2, -0.15) is 0 Å². The van der Waals surface area contributed by atoms with E-state index in [0.717, 1.165) is 54.3 Å². The first-order valence-electron chi connectivity index (χ1n) is 11.5. The van der Waals surface area contributed by atoms with Crippen LogP contribution in [0.25, 0.3) is 10.9 Å². The molecule has 3 heterocycles. The molecular formula is C26H34N4O2. The number of aliphatic imine (C=N–C) groups is 1. The molecule has 0 bridgehead atoms. The standard InChI is InChI=1S/C26H34N4O2/c1-17-13-23(18(2)29(17)11-8-12-32-5)26(31)16-30-19(3)25(28-20(30)4)14-21-15-27-24-10-7-6-9-22(21)24/h6-7,9-10,13,15,19,25,27H,8,11-12,14,16H2,1-5H3/t19-,25+/m0/s1. The molecule has 6 heteroatoms. The van der Waals surface area contributed by atoms with Crippen molar-refractivity contribution < 1.29 is 9.53 Å². The van der Waals surface area contributed by atoms with Gasteiger partial charge in [0.05, 0.1) is 24.5 Å². The van der Waals surface area contributed by atoms with Crippen LogP contribution in [0, 0.1) is 13.8 Å². The van der Waals surface area contributed by atoms with E-state index >= 15 is 0 Å². The summed E-state index contributed by atoms with van der Waals surface area (Å²) in [6.45, 7) is 10.3. The molecule has 1 aliphatic heterocycles. The number of nitrogens with one attached hydrogen (secondary N) is 1. The van der Waals surface area contributed by atoms with Gasteiger partial charge in [0, 0.05) is 54.3 Å². The lowest BCUT2D eigenvalue weighted by Crippen LogP contribution is -2.40. The smallest absolute Gasteiger partial charge is 0.183 e. The highest BCUT2D eigenvalue weighted by Gasteiger charge is 2.33. The average Bonchev–Trinajstić information content (AvgIpc) is 3.40. The number of fused-ring (bicyclic) bond motifs is 1. The number of carbonyl (C=O) groups excluding carboxylic acids is 1. The molecule has 2 atom stereocenters. The monoisotopic (exact) mass is 434 g/mol. The summed E-state index contributed by atoms with van der Waals surface area (Å²) in [7, 11) is 1.72. The van der Waals surface area contributed by atoms with Gasteiger partial charge in [-0.25, -0.2) is 0 Å². The number of hydrogen-bond donors (Lipinski definition) is 1. The first-order chi connectivity index (χ1) is 15.4. The maximum Gasteiger partial charge on any atom is 0.183 e. The normalized spacial score (nSPS) is 18.5. The number of aryl methyl sites for hydroxylation is 1. The average molecular weight is 435 g/mol. The zero-order valence-corrected chi connectivity index (χ0v) is 19.8. The van der Waals surface area contributed by atoms with Crippen LogP contribution in [0.4, 0.5) is 0 Å². The van der Waals surface area contributed by atoms with Gasteiger partial charge in [-0.3, -0.25) is 9.79 Å². The molecule has 0 spiro atoms. The molecule has 1 N–H and O–H groups in total. The second-order valence-electron chi connectivity index (χ2n) is 8.88. The van der Waals surface area contributed by atoms with Crippen molar-refractivity contribution in [2.24, 2.45) is 4.99 Å². The van der Waals surface area contributed by atoms with E-state index in [1.807, 2.05) is 26.0 Å². The highest BCUT2D eigenvalue weighted by atomic mass is 16.5. The highest BCUT2D eigenvalue weighted by Crippen LogP contribution is 2.26. The Morgan fingerprint density at radius 1 is 1.22 bits per heavy atom. The number of H-pyrrole nitrogens is 1.